The lowest BCUT2D eigenvalue weighted by atomic mass is 9.87. The summed E-state index contributed by atoms with van der Waals surface area (Å²) in [5.41, 5.74) is 5.41. The second-order valence-electron chi connectivity index (χ2n) is 4.92. The van der Waals surface area contributed by atoms with Gasteiger partial charge in [-0.1, -0.05) is 24.1 Å². The zero-order valence-electron chi connectivity index (χ0n) is 9.88. The molecule has 0 saturated heterocycles. The Hall–Kier alpha value is -0.820. The highest BCUT2D eigenvalue weighted by Crippen LogP contribution is 2.38. The molecule has 0 amide bonds. The maximum absolute atomic E-state index is 9.96. The van der Waals surface area contributed by atoms with Crippen LogP contribution < -0.4 is 0 Å². The fourth-order valence-corrected chi connectivity index (χ4v) is 3.05. The molecule has 1 aromatic rings. The Bertz CT molecular complexity index is 345. The van der Waals surface area contributed by atoms with Crippen molar-refractivity contribution in [3.05, 3.63) is 34.4 Å². The highest BCUT2D eigenvalue weighted by Gasteiger charge is 2.28. The SMILES string of the molecule is Cc1cc(C)c([C@H]2CCC[C@@H]2O)c(C)c1. The number of aliphatic hydroxyl groups is 1. The number of aryl methyl sites for hydroxylation is 3. The van der Waals surface area contributed by atoms with Crippen LogP contribution in [0.4, 0.5) is 0 Å². The average Bonchev–Trinajstić information content (AvgIpc) is 2.50. The molecule has 15 heavy (non-hydrogen) atoms. The summed E-state index contributed by atoms with van der Waals surface area (Å²) in [5.74, 6) is 0.380. The molecular formula is C14H20O. The van der Waals surface area contributed by atoms with Gasteiger partial charge in [0.15, 0.2) is 0 Å². The lowest BCUT2D eigenvalue weighted by molar-refractivity contribution is 0.163. The topological polar surface area (TPSA) is 20.2 Å². The van der Waals surface area contributed by atoms with E-state index in [1.165, 1.54) is 28.7 Å². The Balaban J connectivity index is 2.43. The third-order valence-electron chi connectivity index (χ3n) is 3.59. The summed E-state index contributed by atoms with van der Waals surface area (Å²) in [6.45, 7) is 6.47. The predicted octanol–water partition coefficient (Wildman–Crippen LogP) is 3.24. The first kappa shape index (κ1) is 10.7. The van der Waals surface area contributed by atoms with E-state index in [0.29, 0.717) is 5.92 Å². The van der Waals surface area contributed by atoms with E-state index in [4.69, 9.17) is 0 Å². The molecule has 1 fully saturated rings. The molecule has 1 heteroatoms. The van der Waals surface area contributed by atoms with Gasteiger partial charge in [0.25, 0.3) is 0 Å². The van der Waals surface area contributed by atoms with E-state index < -0.39 is 0 Å². The van der Waals surface area contributed by atoms with Crippen molar-refractivity contribution in [2.45, 2.75) is 52.1 Å². The van der Waals surface area contributed by atoms with Gasteiger partial charge in [-0.3, -0.25) is 0 Å². The van der Waals surface area contributed by atoms with Crippen molar-refractivity contribution in [3.63, 3.8) is 0 Å². The zero-order chi connectivity index (χ0) is 11.0. The molecule has 0 heterocycles. The Morgan fingerprint density at radius 1 is 1.07 bits per heavy atom. The maximum Gasteiger partial charge on any atom is 0.0608 e. The van der Waals surface area contributed by atoms with Crippen molar-refractivity contribution in [2.24, 2.45) is 0 Å². The lowest BCUT2D eigenvalue weighted by Crippen LogP contribution is -2.13. The minimum Gasteiger partial charge on any atom is -0.392 e. The van der Waals surface area contributed by atoms with Crippen molar-refractivity contribution in [2.75, 3.05) is 0 Å². The number of rotatable bonds is 1. The van der Waals surface area contributed by atoms with Crippen LogP contribution >= 0.6 is 0 Å². The van der Waals surface area contributed by atoms with E-state index in [-0.39, 0.29) is 6.10 Å². The van der Waals surface area contributed by atoms with Crippen LogP contribution in [0.25, 0.3) is 0 Å². The van der Waals surface area contributed by atoms with Crippen LogP contribution in [-0.2, 0) is 0 Å². The molecule has 0 radical (unpaired) electrons. The standard InChI is InChI=1S/C14H20O/c1-9-7-10(2)14(11(3)8-9)12-5-4-6-13(12)15/h7-8,12-13,15H,4-6H2,1-3H3/t12-,13-/m0/s1. The Kier molecular flexibility index (Phi) is 2.83. The van der Waals surface area contributed by atoms with Gasteiger partial charge in [-0.25, -0.2) is 0 Å². The fourth-order valence-electron chi connectivity index (χ4n) is 3.05. The average molecular weight is 204 g/mol. The van der Waals surface area contributed by atoms with Crippen LogP contribution in [0.3, 0.4) is 0 Å². The van der Waals surface area contributed by atoms with Crippen molar-refractivity contribution in [3.8, 4) is 0 Å². The summed E-state index contributed by atoms with van der Waals surface area (Å²) in [6.07, 6.45) is 3.16. The highest BCUT2D eigenvalue weighted by molar-refractivity contribution is 5.40. The molecule has 0 spiro atoms. The number of aliphatic hydroxyl groups excluding tert-OH is 1. The van der Waals surface area contributed by atoms with Crippen molar-refractivity contribution >= 4 is 0 Å². The minimum atomic E-state index is -0.120. The predicted molar refractivity (Wildman–Crippen MR) is 63.3 cm³/mol. The van der Waals surface area contributed by atoms with Crippen LogP contribution in [0.5, 0.6) is 0 Å². The number of hydrogen-bond acceptors (Lipinski definition) is 1. The van der Waals surface area contributed by atoms with Crippen molar-refractivity contribution < 1.29 is 5.11 Å². The fraction of sp³-hybridized carbons (Fsp3) is 0.571. The molecule has 82 valence electrons. The quantitative estimate of drug-likeness (QED) is 0.744. The lowest BCUT2D eigenvalue weighted by Gasteiger charge is -2.20. The molecule has 0 bridgehead atoms. The molecule has 1 aromatic carbocycles. The van der Waals surface area contributed by atoms with E-state index in [2.05, 4.69) is 32.9 Å². The summed E-state index contributed by atoms with van der Waals surface area (Å²) in [6, 6.07) is 4.46. The van der Waals surface area contributed by atoms with Gasteiger partial charge in [0.1, 0.15) is 0 Å². The first-order valence-electron chi connectivity index (χ1n) is 5.85. The van der Waals surface area contributed by atoms with E-state index >= 15 is 0 Å². The molecule has 2 rings (SSSR count). The number of benzene rings is 1. The molecule has 1 saturated carbocycles. The number of hydrogen-bond donors (Lipinski definition) is 1. The second-order valence-corrected chi connectivity index (χ2v) is 4.92. The van der Waals surface area contributed by atoms with Crippen LogP contribution in [0.15, 0.2) is 12.1 Å². The largest absolute Gasteiger partial charge is 0.392 e. The molecule has 1 N–H and O–H groups in total. The summed E-state index contributed by atoms with van der Waals surface area (Å²) >= 11 is 0. The van der Waals surface area contributed by atoms with Crippen molar-refractivity contribution in [1.82, 2.24) is 0 Å². The van der Waals surface area contributed by atoms with Gasteiger partial charge < -0.3 is 5.11 Å². The second kappa shape index (κ2) is 3.97. The van der Waals surface area contributed by atoms with Gasteiger partial charge in [-0.05, 0) is 50.3 Å². The van der Waals surface area contributed by atoms with Gasteiger partial charge in [0.05, 0.1) is 6.10 Å². The normalized spacial score (nSPS) is 25.9. The van der Waals surface area contributed by atoms with E-state index in [9.17, 15) is 5.11 Å². The molecule has 1 nitrogen and oxygen atoms in total. The molecule has 2 atom stereocenters. The molecule has 0 unspecified atom stereocenters. The highest BCUT2D eigenvalue weighted by atomic mass is 16.3. The zero-order valence-corrected chi connectivity index (χ0v) is 9.88. The third-order valence-corrected chi connectivity index (χ3v) is 3.59. The smallest absolute Gasteiger partial charge is 0.0608 e. The van der Waals surface area contributed by atoms with E-state index in [1.807, 2.05) is 0 Å². The van der Waals surface area contributed by atoms with Gasteiger partial charge in [-0.2, -0.15) is 0 Å². The van der Waals surface area contributed by atoms with E-state index in [0.717, 1.165) is 12.8 Å². The summed E-state index contributed by atoms with van der Waals surface area (Å²) < 4.78 is 0. The van der Waals surface area contributed by atoms with Crippen LogP contribution in [0, 0.1) is 20.8 Å². The van der Waals surface area contributed by atoms with Gasteiger partial charge in [0.2, 0.25) is 0 Å². The Morgan fingerprint density at radius 3 is 2.13 bits per heavy atom. The van der Waals surface area contributed by atoms with Crippen LogP contribution in [0.1, 0.15) is 47.4 Å². The third kappa shape index (κ3) is 1.93. The minimum absolute atomic E-state index is 0.120. The van der Waals surface area contributed by atoms with Gasteiger partial charge in [-0.15, -0.1) is 0 Å². The van der Waals surface area contributed by atoms with E-state index in [1.54, 1.807) is 0 Å². The first-order valence-corrected chi connectivity index (χ1v) is 5.85. The molecular weight excluding hydrogens is 184 g/mol. The van der Waals surface area contributed by atoms with Crippen LogP contribution in [-0.4, -0.2) is 11.2 Å². The molecule has 0 aliphatic heterocycles. The van der Waals surface area contributed by atoms with Crippen LogP contribution in [0.2, 0.25) is 0 Å². The molecule has 1 aliphatic rings. The Labute approximate surface area is 92.1 Å². The summed E-state index contributed by atoms with van der Waals surface area (Å²) in [5, 5.41) is 9.96. The summed E-state index contributed by atoms with van der Waals surface area (Å²) in [7, 11) is 0. The Morgan fingerprint density at radius 2 is 1.67 bits per heavy atom. The maximum atomic E-state index is 9.96. The first-order chi connectivity index (χ1) is 7.09. The molecule has 1 aliphatic carbocycles. The molecule has 0 aromatic heterocycles. The van der Waals surface area contributed by atoms with Gasteiger partial charge >= 0.3 is 0 Å². The van der Waals surface area contributed by atoms with Crippen molar-refractivity contribution in [1.29, 1.82) is 0 Å². The monoisotopic (exact) mass is 204 g/mol. The van der Waals surface area contributed by atoms with Gasteiger partial charge in [0, 0.05) is 5.92 Å². The summed E-state index contributed by atoms with van der Waals surface area (Å²) in [4.78, 5) is 0.